The van der Waals surface area contributed by atoms with Crippen molar-refractivity contribution in [1.82, 2.24) is 0 Å². The van der Waals surface area contributed by atoms with Crippen LogP contribution >= 0.6 is 0 Å². The molecule has 1 aliphatic rings. The second-order valence-corrected chi connectivity index (χ2v) is 4.63. The normalized spacial score (nSPS) is 15.2. The molecule has 1 aromatic carbocycles. The van der Waals surface area contributed by atoms with Crippen molar-refractivity contribution >= 4 is 11.7 Å². The van der Waals surface area contributed by atoms with Crippen molar-refractivity contribution in [2.45, 2.75) is 32.1 Å². The summed E-state index contributed by atoms with van der Waals surface area (Å²) in [7, 11) is 0. The Morgan fingerprint density at radius 3 is 2.79 bits per heavy atom. The molecule has 0 atom stereocenters. The Morgan fingerprint density at radius 1 is 1.32 bits per heavy atom. The lowest BCUT2D eigenvalue weighted by molar-refractivity contribution is 0.115. The van der Waals surface area contributed by atoms with E-state index in [1.807, 2.05) is 24.3 Å². The first-order valence-corrected chi connectivity index (χ1v) is 6.54. The van der Waals surface area contributed by atoms with E-state index in [0.29, 0.717) is 12.2 Å². The average Bonchev–Trinajstić information content (AvgIpc) is 2.40. The van der Waals surface area contributed by atoms with Crippen LogP contribution in [0.4, 0.5) is 4.79 Å². The lowest BCUT2D eigenvalue weighted by atomic mass is 9.88. The molecule has 3 nitrogen and oxygen atoms in total. The first-order valence-electron chi connectivity index (χ1n) is 6.54. The second kappa shape index (κ2) is 6.23. The van der Waals surface area contributed by atoms with Crippen LogP contribution in [0.25, 0.3) is 5.57 Å². The monoisotopic (exact) mass is 258 g/mol. The summed E-state index contributed by atoms with van der Waals surface area (Å²) in [5, 5.41) is 8.83. The number of benzene rings is 1. The van der Waals surface area contributed by atoms with E-state index >= 15 is 0 Å². The van der Waals surface area contributed by atoms with Crippen molar-refractivity contribution in [2.75, 3.05) is 0 Å². The molecule has 1 aromatic rings. The van der Waals surface area contributed by atoms with Gasteiger partial charge in [0, 0.05) is 6.42 Å². The molecule has 0 aromatic heterocycles. The van der Waals surface area contributed by atoms with Crippen molar-refractivity contribution in [3.05, 3.63) is 53.8 Å². The largest absolute Gasteiger partial charge is 0.511 e. The van der Waals surface area contributed by atoms with Crippen molar-refractivity contribution in [3.63, 3.8) is 0 Å². The van der Waals surface area contributed by atoms with E-state index < -0.39 is 6.16 Å². The molecule has 0 saturated heterocycles. The number of ether oxygens (including phenoxy) is 1. The molecular weight excluding hydrogens is 240 g/mol. The number of allylic oxidation sites excluding steroid dienone is 3. The van der Waals surface area contributed by atoms with Crippen LogP contribution in [0, 0.1) is 0 Å². The molecule has 0 amide bonds. The zero-order valence-electron chi connectivity index (χ0n) is 10.9. The molecule has 2 rings (SSSR count). The maximum Gasteiger partial charge on any atom is 0.511 e. The van der Waals surface area contributed by atoms with Gasteiger partial charge in [-0.1, -0.05) is 30.3 Å². The van der Waals surface area contributed by atoms with Crippen LogP contribution in [0.1, 0.15) is 36.8 Å². The minimum atomic E-state index is -1.23. The fourth-order valence-corrected chi connectivity index (χ4v) is 2.53. The molecule has 0 aliphatic heterocycles. The van der Waals surface area contributed by atoms with Crippen LogP contribution in [-0.2, 0) is 11.2 Å². The summed E-state index contributed by atoms with van der Waals surface area (Å²) >= 11 is 0. The molecule has 0 saturated carbocycles. The predicted octanol–water partition coefficient (Wildman–Crippen LogP) is 4.39. The van der Waals surface area contributed by atoms with E-state index in [1.54, 1.807) is 0 Å². The lowest BCUT2D eigenvalue weighted by Gasteiger charge is -2.20. The van der Waals surface area contributed by atoms with Crippen LogP contribution in [0.15, 0.2) is 42.7 Å². The highest BCUT2D eigenvalue weighted by atomic mass is 16.7. The van der Waals surface area contributed by atoms with Crippen LogP contribution in [-0.4, -0.2) is 11.3 Å². The van der Waals surface area contributed by atoms with Gasteiger partial charge in [-0.25, -0.2) is 4.79 Å². The highest BCUT2D eigenvalue weighted by molar-refractivity contribution is 5.73. The molecule has 100 valence electrons. The quantitative estimate of drug-likeness (QED) is 0.643. The topological polar surface area (TPSA) is 46.5 Å². The van der Waals surface area contributed by atoms with Gasteiger partial charge in [0.1, 0.15) is 5.76 Å². The summed E-state index contributed by atoms with van der Waals surface area (Å²) in [5.74, 6) is 0.607. The molecule has 0 bridgehead atoms. The Hall–Kier alpha value is -2.03. The Morgan fingerprint density at radius 2 is 2.05 bits per heavy atom. The van der Waals surface area contributed by atoms with Gasteiger partial charge in [-0.3, -0.25) is 0 Å². The molecule has 0 spiro atoms. The number of rotatable bonds is 4. The van der Waals surface area contributed by atoms with Gasteiger partial charge in [0.05, 0.1) is 0 Å². The number of carbonyl (C=O) groups is 1. The molecule has 1 aliphatic carbocycles. The maximum absolute atomic E-state index is 10.8. The van der Waals surface area contributed by atoms with Crippen LogP contribution < -0.4 is 0 Å². The standard InChI is InChI=1S/C16H18O3/c1-2-7-12-8-3-4-9-13(12)14-10-5-6-11-15(14)19-16(17)18/h2-4,8-9H,1,5-7,10-11H2,(H,17,18). The molecule has 19 heavy (non-hydrogen) atoms. The molecule has 1 N–H and O–H groups in total. The summed E-state index contributed by atoms with van der Waals surface area (Å²) in [4.78, 5) is 10.8. The van der Waals surface area contributed by atoms with Gasteiger partial charge in [-0.05, 0) is 42.4 Å². The van der Waals surface area contributed by atoms with E-state index in [1.165, 1.54) is 5.56 Å². The van der Waals surface area contributed by atoms with Gasteiger partial charge in [-0.2, -0.15) is 0 Å². The van der Waals surface area contributed by atoms with Gasteiger partial charge in [-0.15, -0.1) is 6.58 Å². The Kier molecular flexibility index (Phi) is 4.39. The van der Waals surface area contributed by atoms with Crippen molar-refractivity contribution < 1.29 is 14.6 Å². The molecule has 0 radical (unpaired) electrons. The van der Waals surface area contributed by atoms with Gasteiger partial charge in [0.15, 0.2) is 0 Å². The Balaban J connectivity index is 2.43. The summed E-state index contributed by atoms with van der Waals surface area (Å²) in [6, 6.07) is 8.05. The number of hydrogen-bond acceptors (Lipinski definition) is 2. The van der Waals surface area contributed by atoms with E-state index in [0.717, 1.165) is 36.8 Å². The van der Waals surface area contributed by atoms with Crippen LogP contribution in [0.2, 0.25) is 0 Å². The van der Waals surface area contributed by atoms with Gasteiger partial charge in [0.25, 0.3) is 0 Å². The third kappa shape index (κ3) is 3.25. The lowest BCUT2D eigenvalue weighted by Crippen LogP contribution is -2.08. The van der Waals surface area contributed by atoms with Gasteiger partial charge in [0.2, 0.25) is 0 Å². The highest BCUT2D eigenvalue weighted by Gasteiger charge is 2.19. The molecular formula is C16H18O3. The highest BCUT2D eigenvalue weighted by Crippen LogP contribution is 2.34. The van der Waals surface area contributed by atoms with E-state index in [-0.39, 0.29) is 0 Å². The smallest absolute Gasteiger partial charge is 0.449 e. The van der Waals surface area contributed by atoms with E-state index in [4.69, 9.17) is 9.84 Å². The zero-order chi connectivity index (χ0) is 13.7. The number of hydrogen-bond donors (Lipinski definition) is 1. The van der Waals surface area contributed by atoms with Gasteiger partial charge >= 0.3 is 6.16 Å². The van der Waals surface area contributed by atoms with Crippen molar-refractivity contribution in [3.8, 4) is 0 Å². The van der Waals surface area contributed by atoms with Crippen LogP contribution in [0.5, 0.6) is 0 Å². The predicted molar refractivity (Wildman–Crippen MR) is 74.8 cm³/mol. The maximum atomic E-state index is 10.8. The second-order valence-electron chi connectivity index (χ2n) is 4.63. The van der Waals surface area contributed by atoms with Crippen molar-refractivity contribution in [1.29, 1.82) is 0 Å². The summed E-state index contributed by atoms with van der Waals surface area (Å²) < 4.78 is 4.96. The summed E-state index contributed by atoms with van der Waals surface area (Å²) in [5.41, 5.74) is 3.30. The fraction of sp³-hybridized carbons (Fsp3) is 0.312. The van der Waals surface area contributed by atoms with E-state index in [2.05, 4.69) is 12.6 Å². The average molecular weight is 258 g/mol. The third-order valence-corrected chi connectivity index (χ3v) is 3.33. The zero-order valence-corrected chi connectivity index (χ0v) is 10.9. The minimum Gasteiger partial charge on any atom is -0.449 e. The van der Waals surface area contributed by atoms with Crippen LogP contribution in [0.3, 0.4) is 0 Å². The molecule has 3 heteroatoms. The Bertz CT molecular complexity index is 514. The minimum absolute atomic E-state index is 0.607. The SMILES string of the molecule is C=CCc1ccccc1C1=C(OC(=O)O)CCCC1. The molecule has 0 fully saturated rings. The fourth-order valence-electron chi connectivity index (χ4n) is 2.53. The van der Waals surface area contributed by atoms with Crippen molar-refractivity contribution in [2.24, 2.45) is 0 Å². The third-order valence-electron chi connectivity index (χ3n) is 3.33. The first kappa shape index (κ1) is 13.4. The number of carboxylic acid groups (broad SMARTS) is 1. The Labute approximate surface area is 113 Å². The molecule has 0 unspecified atom stereocenters. The summed E-state index contributed by atoms with van der Waals surface area (Å²) in [6.45, 7) is 3.77. The first-order chi connectivity index (χ1) is 9.22. The van der Waals surface area contributed by atoms with Gasteiger partial charge < -0.3 is 9.84 Å². The summed E-state index contributed by atoms with van der Waals surface area (Å²) in [6.07, 6.45) is 5.04. The van der Waals surface area contributed by atoms with E-state index in [9.17, 15) is 4.79 Å². The molecule has 0 heterocycles.